The van der Waals surface area contributed by atoms with Crippen molar-refractivity contribution in [2.75, 3.05) is 0 Å². The zero-order valence-electron chi connectivity index (χ0n) is 26.7. The molecule has 236 valence electrons. The van der Waals surface area contributed by atoms with Gasteiger partial charge in [-0.1, -0.05) is 121 Å². The molecule has 3 aromatic heterocycles. The molecule has 0 amide bonds. The topological polar surface area (TPSA) is 75.1 Å². The predicted octanol–water partition coefficient (Wildman–Crippen LogP) is 11.5. The van der Waals surface area contributed by atoms with Crippen LogP contribution in [0.1, 0.15) is 16.0 Å². The third-order valence-electron chi connectivity index (χ3n) is 8.80. The van der Waals surface area contributed by atoms with Gasteiger partial charge in [-0.3, -0.25) is 5.41 Å². The molecule has 0 saturated carbocycles. The van der Waals surface area contributed by atoms with Crippen LogP contribution in [0.3, 0.4) is 0 Å². The maximum absolute atomic E-state index is 9.41. The van der Waals surface area contributed by atoms with Gasteiger partial charge in [0.1, 0.15) is 11.2 Å². The van der Waals surface area contributed by atoms with Gasteiger partial charge < -0.3 is 4.42 Å². The third kappa shape index (κ3) is 5.48. The van der Waals surface area contributed by atoms with Crippen LogP contribution >= 0.6 is 11.3 Å². The van der Waals surface area contributed by atoms with Crippen LogP contribution < -0.4 is 0 Å². The first-order valence-corrected chi connectivity index (χ1v) is 17.2. The SMILES string of the molecule is N=C(/N=C(/c1ccccc1)c1cc2ccccc2s1)c1cccc2oc3ccc(-c4cc(-c5ccccc5)nc(-c5ccccc5)n4)cc3c12. The number of furan rings is 1. The highest BCUT2D eigenvalue weighted by molar-refractivity contribution is 7.21. The van der Waals surface area contributed by atoms with Crippen LogP contribution in [0.4, 0.5) is 0 Å². The zero-order chi connectivity index (χ0) is 33.4. The Morgan fingerprint density at radius 3 is 2.02 bits per heavy atom. The van der Waals surface area contributed by atoms with E-state index in [-0.39, 0.29) is 5.84 Å². The molecule has 0 saturated heterocycles. The second-order valence-corrected chi connectivity index (χ2v) is 13.1. The predicted molar refractivity (Wildman–Crippen MR) is 206 cm³/mol. The van der Waals surface area contributed by atoms with E-state index >= 15 is 0 Å². The van der Waals surface area contributed by atoms with Crippen LogP contribution in [-0.4, -0.2) is 21.5 Å². The van der Waals surface area contributed by atoms with Crippen molar-refractivity contribution in [3.05, 3.63) is 180 Å². The second-order valence-electron chi connectivity index (χ2n) is 12.0. The molecule has 0 aliphatic carbocycles. The summed E-state index contributed by atoms with van der Waals surface area (Å²) in [5, 5.41) is 12.3. The zero-order valence-corrected chi connectivity index (χ0v) is 27.6. The minimum absolute atomic E-state index is 0.166. The number of hydrogen-bond donors (Lipinski definition) is 1. The standard InChI is InChI=1S/C44H28N4OS/c45-43(48-42(29-15-6-2-7-16-29)40-26-32-19-10-11-22-39(32)50-40)33-20-12-21-38-41(33)34-25-31(23-24-37(34)49-38)36-27-35(28-13-4-1-5-14-28)46-44(47-36)30-17-8-3-9-18-30/h1-27,45H/b45-43?,48-42-. The molecular formula is C44H28N4OS. The van der Waals surface area contributed by atoms with E-state index in [9.17, 15) is 5.41 Å². The Balaban J connectivity index is 1.20. The number of hydrogen-bond acceptors (Lipinski definition) is 5. The average molecular weight is 661 g/mol. The Hall–Kier alpha value is -6.50. The smallest absolute Gasteiger partial charge is 0.160 e. The van der Waals surface area contributed by atoms with E-state index in [0.29, 0.717) is 17.0 Å². The van der Waals surface area contributed by atoms with Crippen LogP contribution in [0.2, 0.25) is 0 Å². The van der Waals surface area contributed by atoms with Crippen molar-refractivity contribution in [2.45, 2.75) is 0 Å². The van der Waals surface area contributed by atoms with Crippen molar-refractivity contribution in [1.29, 1.82) is 5.41 Å². The quantitative estimate of drug-likeness (QED) is 0.142. The van der Waals surface area contributed by atoms with E-state index in [1.807, 2.05) is 121 Å². The van der Waals surface area contributed by atoms with E-state index in [4.69, 9.17) is 19.4 Å². The van der Waals surface area contributed by atoms with Crippen molar-refractivity contribution in [1.82, 2.24) is 9.97 Å². The first kappa shape index (κ1) is 29.6. The Labute approximate surface area is 292 Å². The van der Waals surface area contributed by atoms with E-state index in [2.05, 4.69) is 42.5 Å². The van der Waals surface area contributed by atoms with Crippen LogP contribution in [0, 0.1) is 5.41 Å². The highest BCUT2D eigenvalue weighted by atomic mass is 32.1. The van der Waals surface area contributed by atoms with E-state index in [1.165, 1.54) is 4.70 Å². The molecule has 0 bridgehead atoms. The fraction of sp³-hybridized carbons (Fsp3) is 0. The molecule has 1 N–H and O–H groups in total. The summed E-state index contributed by atoms with van der Waals surface area (Å²) in [6.07, 6.45) is 0. The fourth-order valence-corrected chi connectivity index (χ4v) is 7.45. The van der Waals surface area contributed by atoms with Crippen LogP contribution in [0.5, 0.6) is 0 Å². The summed E-state index contributed by atoms with van der Waals surface area (Å²) in [4.78, 5) is 16.1. The molecule has 0 aliphatic heterocycles. The van der Waals surface area contributed by atoms with Gasteiger partial charge in [-0.2, -0.15) is 0 Å². The Bertz CT molecular complexity index is 2620. The normalized spacial score (nSPS) is 11.8. The van der Waals surface area contributed by atoms with Crippen LogP contribution in [0.25, 0.3) is 65.9 Å². The molecule has 0 atom stereocenters. The lowest BCUT2D eigenvalue weighted by Crippen LogP contribution is -2.06. The average Bonchev–Trinajstić information content (AvgIpc) is 3.79. The molecule has 50 heavy (non-hydrogen) atoms. The summed E-state index contributed by atoms with van der Waals surface area (Å²) >= 11 is 1.69. The van der Waals surface area contributed by atoms with Crippen molar-refractivity contribution in [2.24, 2.45) is 4.99 Å². The van der Waals surface area contributed by atoms with Crippen molar-refractivity contribution in [3.63, 3.8) is 0 Å². The molecule has 6 aromatic carbocycles. The molecule has 9 aromatic rings. The number of amidine groups is 1. The maximum Gasteiger partial charge on any atom is 0.160 e. The van der Waals surface area contributed by atoms with Crippen molar-refractivity contribution >= 4 is 54.9 Å². The third-order valence-corrected chi connectivity index (χ3v) is 9.93. The van der Waals surface area contributed by atoms with E-state index in [0.717, 1.165) is 66.0 Å². The second kappa shape index (κ2) is 12.5. The highest BCUT2D eigenvalue weighted by Crippen LogP contribution is 2.36. The van der Waals surface area contributed by atoms with Gasteiger partial charge in [-0.25, -0.2) is 15.0 Å². The summed E-state index contributed by atoms with van der Waals surface area (Å²) < 4.78 is 7.54. The van der Waals surface area contributed by atoms with Crippen LogP contribution in [0.15, 0.2) is 173 Å². The number of nitrogens with one attached hydrogen (secondary N) is 1. The van der Waals surface area contributed by atoms with Crippen LogP contribution in [-0.2, 0) is 0 Å². The van der Waals surface area contributed by atoms with Crippen molar-refractivity contribution < 1.29 is 4.42 Å². The number of nitrogens with zero attached hydrogens (tertiary/aromatic N) is 3. The van der Waals surface area contributed by atoms with E-state index in [1.54, 1.807) is 11.3 Å². The van der Waals surface area contributed by atoms with Gasteiger partial charge >= 0.3 is 0 Å². The van der Waals surface area contributed by atoms with Gasteiger partial charge in [-0.05, 0) is 47.9 Å². The molecule has 6 heteroatoms. The molecule has 9 rings (SSSR count). The molecule has 0 spiro atoms. The molecule has 5 nitrogen and oxygen atoms in total. The number of benzene rings is 6. The molecular weight excluding hydrogens is 633 g/mol. The summed E-state index contributed by atoms with van der Waals surface area (Å²) in [6, 6.07) is 54.8. The molecule has 0 unspecified atom stereocenters. The lowest BCUT2D eigenvalue weighted by molar-refractivity contribution is 0.669. The number of thiophene rings is 1. The number of aromatic nitrogens is 2. The Kier molecular flexibility index (Phi) is 7.41. The number of aliphatic imine (C=N–C) groups is 1. The fourth-order valence-electron chi connectivity index (χ4n) is 6.38. The highest BCUT2D eigenvalue weighted by Gasteiger charge is 2.19. The summed E-state index contributed by atoms with van der Waals surface area (Å²) in [6.45, 7) is 0. The monoisotopic (exact) mass is 660 g/mol. The van der Waals surface area contributed by atoms with Gasteiger partial charge in [0.25, 0.3) is 0 Å². The van der Waals surface area contributed by atoms with Gasteiger partial charge in [0.2, 0.25) is 0 Å². The molecule has 0 fully saturated rings. The molecule has 0 aliphatic rings. The van der Waals surface area contributed by atoms with Gasteiger partial charge in [0.15, 0.2) is 11.7 Å². The Morgan fingerprint density at radius 1 is 0.580 bits per heavy atom. The maximum atomic E-state index is 9.41. The van der Waals surface area contributed by atoms with Gasteiger partial charge in [0, 0.05) is 43.3 Å². The lowest BCUT2D eigenvalue weighted by Gasteiger charge is -2.10. The van der Waals surface area contributed by atoms with E-state index < -0.39 is 0 Å². The van der Waals surface area contributed by atoms with Gasteiger partial charge in [-0.15, -0.1) is 11.3 Å². The first-order chi connectivity index (χ1) is 24.7. The number of fused-ring (bicyclic) bond motifs is 4. The first-order valence-electron chi connectivity index (χ1n) is 16.4. The minimum Gasteiger partial charge on any atom is -0.456 e. The molecule has 0 radical (unpaired) electrons. The molecule has 3 heterocycles. The largest absolute Gasteiger partial charge is 0.456 e. The Morgan fingerprint density at radius 2 is 1.26 bits per heavy atom. The summed E-state index contributed by atoms with van der Waals surface area (Å²) in [5.41, 5.74) is 8.41. The summed E-state index contributed by atoms with van der Waals surface area (Å²) in [5.74, 6) is 0.824. The van der Waals surface area contributed by atoms with Crippen molar-refractivity contribution in [3.8, 4) is 33.9 Å². The summed E-state index contributed by atoms with van der Waals surface area (Å²) in [7, 11) is 0. The lowest BCUT2D eigenvalue weighted by atomic mass is 10.0. The number of rotatable bonds is 6. The minimum atomic E-state index is 0.166. The van der Waals surface area contributed by atoms with Gasteiger partial charge in [0.05, 0.1) is 22.0 Å².